The van der Waals surface area contributed by atoms with Gasteiger partial charge in [-0.25, -0.2) is 4.79 Å². The number of unbranched alkanes of at least 4 members (excludes halogenated alkanes) is 33. The number of rotatable bonds is 49. The Hall–Kier alpha value is -1.93. The smallest absolute Gasteiger partial charge is 0.362 e. The molecule has 0 radical (unpaired) electrons. The Morgan fingerprint density at radius 2 is 0.806 bits per heavy atom. The molecule has 0 amide bonds. The number of carbonyl (C=O) groups excluding carboxylic acids is 2. The summed E-state index contributed by atoms with van der Waals surface area (Å²) in [7, 11) is 5.55. The summed E-state index contributed by atoms with van der Waals surface area (Å²) in [6.07, 6.45) is 51.2. The summed E-state index contributed by atoms with van der Waals surface area (Å²) in [5, 5.41) is 9.66. The molecule has 0 spiro atoms. The Bertz CT molecular complexity index is 1020. The first-order chi connectivity index (χ1) is 30.1. The fourth-order valence-corrected chi connectivity index (χ4v) is 8.27. The summed E-state index contributed by atoms with van der Waals surface area (Å²) in [4.78, 5) is 37.2. The lowest BCUT2D eigenvalue weighted by molar-refractivity contribution is -0.887. The fraction of sp³-hybridized carbons (Fsp3) is 0.907. The maximum absolute atomic E-state index is 12.8. The van der Waals surface area contributed by atoms with Gasteiger partial charge in [0.25, 0.3) is 0 Å². The van der Waals surface area contributed by atoms with Gasteiger partial charge < -0.3 is 23.8 Å². The number of carboxylic acid groups (broad SMARTS) is 1. The third kappa shape index (κ3) is 43.3. The predicted octanol–water partition coefficient (Wildman–Crippen LogP) is 15.4. The van der Waals surface area contributed by atoms with E-state index in [0.717, 1.165) is 38.5 Å². The minimum atomic E-state index is -0.871. The zero-order valence-electron chi connectivity index (χ0n) is 41.9. The molecule has 62 heavy (non-hydrogen) atoms. The van der Waals surface area contributed by atoms with Gasteiger partial charge in [0, 0.05) is 19.3 Å². The Kier molecular flexibility index (Phi) is 44.2. The molecule has 8 heteroatoms. The topological polar surface area (TPSA) is 99.1 Å². The molecule has 2 unspecified atom stereocenters. The molecule has 8 nitrogen and oxygen atoms in total. The van der Waals surface area contributed by atoms with Crippen LogP contribution in [-0.4, -0.2) is 80.6 Å². The summed E-state index contributed by atoms with van der Waals surface area (Å²) >= 11 is 0. The van der Waals surface area contributed by atoms with Gasteiger partial charge in [0.1, 0.15) is 6.61 Å². The summed E-state index contributed by atoms with van der Waals surface area (Å²) in [5.74, 6) is -1.45. The van der Waals surface area contributed by atoms with Crippen molar-refractivity contribution in [2.75, 3.05) is 41.0 Å². The van der Waals surface area contributed by atoms with Gasteiger partial charge in [-0.05, 0) is 38.5 Å². The first kappa shape index (κ1) is 60.1. The number of ether oxygens (including phenoxy) is 3. The van der Waals surface area contributed by atoms with Gasteiger partial charge in [-0.15, -0.1) is 0 Å². The van der Waals surface area contributed by atoms with E-state index in [1.165, 1.54) is 193 Å². The zero-order valence-corrected chi connectivity index (χ0v) is 41.9. The van der Waals surface area contributed by atoms with Crippen molar-refractivity contribution in [1.82, 2.24) is 0 Å². The lowest BCUT2D eigenvalue weighted by Crippen LogP contribution is -2.50. The highest BCUT2D eigenvalue weighted by Crippen LogP contribution is 2.17. The number of hydrogen-bond acceptors (Lipinski definition) is 6. The van der Waals surface area contributed by atoms with Crippen molar-refractivity contribution in [1.29, 1.82) is 0 Å². The standard InChI is InChI=1S/C54H103NO7/c1-6-8-10-12-14-16-18-20-22-24-25-26-27-29-31-33-35-37-39-41-43-45-53(57)62-50(48-60-47-46-51(54(58)59)55(3,4)5)49-61-52(56)44-42-40-38-36-34-32-30-28-23-21-19-17-15-13-11-9-7-2/h26-27,50-51H,6-25,28-49H2,1-5H3/p+1/b27-26+. The number of aliphatic carboxylic acids is 1. The van der Waals surface area contributed by atoms with Crippen molar-refractivity contribution < 1.29 is 38.2 Å². The van der Waals surface area contributed by atoms with Crippen LogP contribution in [0, 0.1) is 0 Å². The van der Waals surface area contributed by atoms with E-state index in [2.05, 4.69) is 26.0 Å². The summed E-state index contributed by atoms with van der Waals surface area (Å²) in [5.41, 5.74) is 0. The van der Waals surface area contributed by atoms with E-state index in [4.69, 9.17) is 14.2 Å². The van der Waals surface area contributed by atoms with Gasteiger partial charge in [-0.3, -0.25) is 9.59 Å². The molecule has 0 bridgehead atoms. The monoisotopic (exact) mass is 879 g/mol. The normalized spacial score (nSPS) is 12.9. The van der Waals surface area contributed by atoms with Gasteiger partial charge in [0.2, 0.25) is 0 Å². The van der Waals surface area contributed by atoms with Crippen LogP contribution in [0.5, 0.6) is 0 Å². The number of carbonyl (C=O) groups is 3. The largest absolute Gasteiger partial charge is 0.477 e. The average Bonchev–Trinajstić information content (AvgIpc) is 3.23. The van der Waals surface area contributed by atoms with Crippen LogP contribution in [0.4, 0.5) is 0 Å². The third-order valence-corrected chi connectivity index (χ3v) is 12.4. The number of nitrogens with zero attached hydrogens (tertiary/aromatic N) is 1. The van der Waals surface area contributed by atoms with Crippen molar-refractivity contribution >= 4 is 17.9 Å². The van der Waals surface area contributed by atoms with E-state index in [1.54, 1.807) is 0 Å². The maximum Gasteiger partial charge on any atom is 0.362 e. The van der Waals surface area contributed by atoms with Gasteiger partial charge in [-0.2, -0.15) is 0 Å². The number of esters is 2. The molecule has 0 rings (SSSR count). The number of hydrogen-bond donors (Lipinski definition) is 1. The van der Waals surface area contributed by atoms with Crippen molar-refractivity contribution in [2.24, 2.45) is 0 Å². The molecule has 0 aliphatic carbocycles. The predicted molar refractivity (Wildman–Crippen MR) is 262 cm³/mol. The molecule has 0 aromatic rings. The van der Waals surface area contributed by atoms with Crippen molar-refractivity contribution in [3.8, 4) is 0 Å². The zero-order chi connectivity index (χ0) is 45.6. The molecule has 0 saturated heterocycles. The Labute approximate surface area is 384 Å². The quantitative estimate of drug-likeness (QED) is 0.0281. The minimum absolute atomic E-state index is 0.0459. The summed E-state index contributed by atoms with van der Waals surface area (Å²) in [6.45, 7) is 4.79. The van der Waals surface area contributed by atoms with Crippen molar-refractivity contribution in [3.05, 3.63) is 12.2 Å². The molecule has 366 valence electrons. The number of quaternary nitrogens is 1. The second kappa shape index (κ2) is 45.6. The molecule has 0 fully saturated rings. The van der Waals surface area contributed by atoms with Crippen LogP contribution in [0.1, 0.15) is 264 Å². The summed E-state index contributed by atoms with van der Waals surface area (Å²) in [6, 6.07) is -0.612. The van der Waals surface area contributed by atoms with Crippen LogP contribution < -0.4 is 0 Å². The van der Waals surface area contributed by atoms with Gasteiger partial charge in [0.05, 0.1) is 34.4 Å². The lowest BCUT2D eigenvalue weighted by Gasteiger charge is -2.31. The van der Waals surface area contributed by atoms with Crippen LogP contribution in [0.2, 0.25) is 0 Å². The molecule has 2 atom stereocenters. The van der Waals surface area contributed by atoms with E-state index < -0.39 is 18.1 Å². The maximum atomic E-state index is 12.8. The van der Waals surface area contributed by atoms with Crippen LogP contribution in [0.25, 0.3) is 0 Å². The van der Waals surface area contributed by atoms with Crippen LogP contribution in [-0.2, 0) is 28.6 Å². The first-order valence-corrected chi connectivity index (χ1v) is 26.7. The molecule has 0 saturated carbocycles. The molecule has 0 aliphatic heterocycles. The number of likely N-dealkylation sites (N-methyl/N-ethyl adjacent to an activating group) is 1. The van der Waals surface area contributed by atoms with E-state index in [-0.39, 0.29) is 36.2 Å². The second-order valence-corrected chi connectivity index (χ2v) is 19.5. The minimum Gasteiger partial charge on any atom is -0.477 e. The van der Waals surface area contributed by atoms with E-state index in [9.17, 15) is 19.5 Å². The number of carboxylic acids is 1. The Balaban J connectivity index is 4.19. The number of allylic oxidation sites excluding steroid dienone is 2. The molecule has 1 N–H and O–H groups in total. The lowest BCUT2D eigenvalue weighted by atomic mass is 10.0. The average molecular weight is 879 g/mol. The Morgan fingerprint density at radius 3 is 1.16 bits per heavy atom. The van der Waals surface area contributed by atoms with E-state index >= 15 is 0 Å². The van der Waals surface area contributed by atoms with Gasteiger partial charge >= 0.3 is 17.9 Å². The highest BCUT2D eigenvalue weighted by atomic mass is 16.6. The fourth-order valence-electron chi connectivity index (χ4n) is 8.27. The summed E-state index contributed by atoms with van der Waals surface area (Å²) < 4.78 is 17.4. The molecule has 0 aliphatic rings. The molecule has 0 aromatic carbocycles. The van der Waals surface area contributed by atoms with Crippen LogP contribution in [0.3, 0.4) is 0 Å². The van der Waals surface area contributed by atoms with Crippen molar-refractivity contribution in [3.63, 3.8) is 0 Å². The Morgan fingerprint density at radius 1 is 0.468 bits per heavy atom. The van der Waals surface area contributed by atoms with E-state index in [0.29, 0.717) is 19.3 Å². The molecular weight excluding hydrogens is 775 g/mol. The van der Waals surface area contributed by atoms with Crippen molar-refractivity contribution in [2.45, 2.75) is 276 Å². The van der Waals surface area contributed by atoms with E-state index in [1.807, 2.05) is 21.1 Å². The van der Waals surface area contributed by atoms with Crippen LogP contribution in [0.15, 0.2) is 12.2 Å². The molecule has 0 heterocycles. The highest BCUT2D eigenvalue weighted by molar-refractivity contribution is 5.72. The second-order valence-electron chi connectivity index (χ2n) is 19.5. The first-order valence-electron chi connectivity index (χ1n) is 26.7. The van der Waals surface area contributed by atoms with Gasteiger partial charge in [0.15, 0.2) is 12.1 Å². The molecular formula is C54H104NO7+. The van der Waals surface area contributed by atoms with Gasteiger partial charge in [-0.1, -0.05) is 219 Å². The van der Waals surface area contributed by atoms with Crippen LogP contribution >= 0.6 is 0 Å². The highest BCUT2D eigenvalue weighted by Gasteiger charge is 2.31. The third-order valence-electron chi connectivity index (χ3n) is 12.4. The SMILES string of the molecule is CCCCCCCCCCCC/C=C/CCCCCCCCCC(=O)OC(COCCC(C(=O)O)[N+](C)(C)C)COC(=O)CCCCCCCCCCCCCCCCCCC. The molecule has 0 aromatic heterocycles.